The number of ether oxygens (including phenoxy) is 1. The highest BCUT2D eigenvalue weighted by Crippen LogP contribution is 2.32. The van der Waals surface area contributed by atoms with Gasteiger partial charge in [0.05, 0.1) is 19.3 Å². The zero-order valence-corrected chi connectivity index (χ0v) is 10.4. The van der Waals surface area contributed by atoms with Gasteiger partial charge in [0, 0.05) is 0 Å². The average Bonchev–Trinajstić information content (AvgIpc) is 2.30. The van der Waals surface area contributed by atoms with Crippen LogP contribution in [-0.2, 0) is 6.16 Å². The van der Waals surface area contributed by atoms with Gasteiger partial charge in [-0.1, -0.05) is 12.0 Å². The summed E-state index contributed by atoms with van der Waals surface area (Å²) in [6, 6.07) is 3.57. The Morgan fingerprint density at radius 2 is 2.31 bits per heavy atom. The van der Waals surface area contributed by atoms with Crippen LogP contribution >= 0.6 is 8.58 Å². The maximum Gasteiger partial charge on any atom is 0.177 e. The number of hydrogen-bond donors (Lipinski definition) is 1. The van der Waals surface area contributed by atoms with E-state index in [9.17, 15) is 4.39 Å². The summed E-state index contributed by atoms with van der Waals surface area (Å²) in [6.45, 7) is 2.39. The number of terminal acetylenes is 1. The summed E-state index contributed by atoms with van der Waals surface area (Å²) in [6.07, 6.45) is 5.87. The molecular weight excluding hydrogens is 224 g/mol. The van der Waals surface area contributed by atoms with Crippen LogP contribution in [-0.4, -0.2) is 20.3 Å². The van der Waals surface area contributed by atoms with E-state index in [1.807, 2.05) is 6.66 Å². The summed E-state index contributed by atoms with van der Waals surface area (Å²) in [4.78, 5) is 0. The number of halogens is 1. The predicted molar refractivity (Wildman–Crippen MR) is 68.2 cm³/mol. The van der Waals surface area contributed by atoms with Crippen molar-refractivity contribution < 1.29 is 9.13 Å². The molecule has 0 amide bonds. The van der Waals surface area contributed by atoms with Gasteiger partial charge in [-0.3, -0.25) is 0 Å². The molecule has 86 valence electrons. The molecule has 1 aromatic rings. The number of anilines is 1. The first-order valence-electron chi connectivity index (χ1n) is 4.91. The number of methoxy groups -OCH3 is 1. The highest BCUT2D eigenvalue weighted by Gasteiger charge is 2.12. The molecule has 1 rings (SSSR count). The molecule has 4 heteroatoms. The molecule has 16 heavy (non-hydrogen) atoms. The molecule has 0 spiro atoms. The van der Waals surface area contributed by atoms with Crippen LogP contribution in [0.5, 0.6) is 5.75 Å². The number of nitrogens with one attached hydrogen (secondary N) is 1. The zero-order valence-electron chi connectivity index (χ0n) is 9.43. The van der Waals surface area contributed by atoms with Crippen LogP contribution in [0.3, 0.4) is 0 Å². The molecular formula is C12H15FNOP. The van der Waals surface area contributed by atoms with Crippen molar-refractivity contribution in [2.45, 2.75) is 6.16 Å². The van der Waals surface area contributed by atoms with Crippen LogP contribution in [0.2, 0.25) is 0 Å². The van der Waals surface area contributed by atoms with E-state index in [2.05, 4.69) is 11.2 Å². The lowest BCUT2D eigenvalue weighted by molar-refractivity contribution is 0.387. The summed E-state index contributed by atoms with van der Waals surface area (Å²) >= 11 is 0. The van der Waals surface area contributed by atoms with Gasteiger partial charge < -0.3 is 10.1 Å². The maximum absolute atomic E-state index is 13.9. The SMILES string of the molecule is C#CCNc1ccc(CPC)c(F)c1OC. The fourth-order valence-corrected chi connectivity index (χ4v) is 2.06. The molecule has 0 radical (unpaired) electrons. The molecule has 1 unspecified atom stereocenters. The quantitative estimate of drug-likeness (QED) is 0.630. The van der Waals surface area contributed by atoms with Crippen molar-refractivity contribution in [1.29, 1.82) is 0 Å². The molecule has 0 aliphatic carbocycles. The van der Waals surface area contributed by atoms with E-state index in [1.165, 1.54) is 7.11 Å². The van der Waals surface area contributed by atoms with Crippen molar-refractivity contribution in [3.8, 4) is 18.1 Å². The molecule has 2 nitrogen and oxygen atoms in total. The third-order valence-electron chi connectivity index (χ3n) is 2.13. The highest BCUT2D eigenvalue weighted by atomic mass is 31.1. The Bertz CT molecular complexity index is 401. The summed E-state index contributed by atoms with van der Waals surface area (Å²) < 4.78 is 19.0. The smallest absolute Gasteiger partial charge is 0.177 e. The van der Waals surface area contributed by atoms with Gasteiger partial charge in [0.1, 0.15) is 0 Å². The van der Waals surface area contributed by atoms with Crippen molar-refractivity contribution in [3.05, 3.63) is 23.5 Å². The molecule has 1 aromatic carbocycles. The molecule has 0 bridgehead atoms. The van der Waals surface area contributed by atoms with Crippen LogP contribution in [0.25, 0.3) is 0 Å². The van der Waals surface area contributed by atoms with Crippen molar-refractivity contribution in [1.82, 2.24) is 0 Å². The van der Waals surface area contributed by atoms with Crippen molar-refractivity contribution in [3.63, 3.8) is 0 Å². The van der Waals surface area contributed by atoms with E-state index >= 15 is 0 Å². The van der Waals surface area contributed by atoms with Gasteiger partial charge in [-0.05, 0) is 24.5 Å². The molecule has 1 atom stereocenters. The Kier molecular flexibility index (Phi) is 5.08. The third-order valence-corrected chi connectivity index (χ3v) is 2.86. The molecule has 1 N–H and O–H groups in total. The fourth-order valence-electron chi connectivity index (χ4n) is 1.41. The first kappa shape index (κ1) is 12.8. The number of rotatable bonds is 5. The summed E-state index contributed by atoms with van der Waals surface area (Å²) in [5.74, 6) is 2.39. The molecule has 0 heterocycles. The first-order chi connectivity index (χ1) is 7.74. The largest absolute Gasteiger partial charge is 0.492 e. The molecule has 0 aliphatic heterocycles. The van der Waals surface area contributed by atoms with Crippen LogP contribution < -0.4 is 10.1 Å². The minimum atomic E-state index is -0.293. The van der Waals surface area contributed by atoms with E-state index in [4.69, 9.17) is 11.2 Å². The van der Waals surface area contributed by atoms with Crippen molar-refractivity contribution in [2.24, 2.45) is 0 Å². The van der Waals surface area contributed by atoms with Crippen LogP contribution in [0.1, 0.15) is 5.56 Å². The lowest BCUT2D eigenvalue weighted by atomic mass is 10.2. The summed E-state index contributed by atoms with van der Waals surface area (Å²) in [5, 5.41) is 2.93. The Balaban J connectivity index is 3.04. The Hall–Kier alpha value is -1.26. The van der Waals surface area contributed by atoms with Gasteiger partial charge in [-0.25, -0.2) is 4.39 Å². The Morgan fingerprint density at radius 3 is 2.88 bits per heavy atom. The van der Waals surface area contributed by atoms with Gasteiger partial charge in [0.2, 0.25) is 0 Å². The monoisotopic (exact) mass is 239 g/mol. The average molecular weight is 239 g/mol. The maximum atomic E-state index is 13.9. The fraction of sp³-hybridized carbons (Fsp3) is 0.333. The van der Waals surface area contributed by atoms with E-state index < -0.39 is 0 Å². The molecule has 0 fully saturated rings. The van der Waals surface area contributed by atoms with Gasteiger partial charge in [0.15, 0.2) is 11.6 Å². The van der Waals surface area contributed by atoms with Crippen LogP contribution in [0, 0.1) is 18.2 Å². The lowest BCUT2D eigenvalue weighted by Crippen LogP contribution is -2.03. The van der Waals surface area contributed by atoms with Gasteiger partial charge in [-0.15, -0.1) is 15.0 Å². The minimum Gasteiger partial charge on any atom is -0.492 e. The second kappa shape index (κ2) is 6.35. The number of hydrogen-bond acceptors (Lipinski definition) is 2. The lowest BCUT2D eigenvalue weighted by Gasteiger charge is -2.12. The van der Waals surface area contributed by atoms with Gasteiger partial charge in [0.25, 0.3) is 0 Å². The van der Waals surface area contributed by atoms with Crippen LogP contribution in [0.4, 0.5) is 10.1 Å². The van der Waals surface area contributed by atoms with Gasteiger partial charge in [-0.2, -0.15) is 0 Å². The van der Waals surface area contributed by atoms with E-state index in [-0.39, 0.29) is 11.6 Å². The number of benzene rings is 1. The van der Waals surface area contributed by atoms with E-state index in [0.717, 1.165) is 6.16 Å². The minimum absolute atomic E-state index is 0.242. The van der Waals surface area contributed by atoms with Crippen molar-refractivity contribution >= 4 is 14.3 Å². The Labute approximate surface area is 97.4 Å². The molecule has 0 saturated heterocycles. The van der Waals surface area contributed by atoms with E-state index in [1.54, 1.807) is 12.1 Å². The molecule has 0 aliphatic rings. The molecule has 0 saturated carbocycles. The first-order valence-corrected chi connectivity index (χ1v) is 6.62. The second-order valence-corrected chi connectivity index (χ2v) is 4.27. The third kappa shape index (κ3) is 2.87. The van der Waals surface area contributed by atoms with Crippen molar-refractivity contribution in [2.75, 3.05) is 25.6 Å². The second-order valence-electron chi connectivity index (χ2n) is 3.21. The summed E-state index contributed by atoms with van der Waals surface area (Å²) in [5.41, 5.74) is 1.28. The topological polar surface area (TPSA) is 21.3 Å². The normalized spacial score (nSPS) is 10.4. The van der Waals surface area contributed by atoms with Gasteiger partial charge >= 0.3 is 0 Å². The Morgan fingerprint density at radius 1 is 1.56 bits per heavy atom. The van der Waals surface area contributed by atoms with Crippen LogP contribution in [0.15, 0.2) is 12.1 Å². The van der Waals surface area contributed by atoms with E-state index in [0.29, 0.717) is 26.4 Å². The predicted octanol–water partition coefficient (Wildman–Crippen LogP) is 2.69. The summed E-state index contributed by atoms with van der Waals surface area (Å²) in [7, 11) is 2.13. The highest BCUT2D eigenvalue weighted by molar-refractivity contribution is 7.36. The zero-order chi connectivity index (χ0) is 12.0. The molecule has 0 aromatic heterocycles. The standard InChI is InChI=1S/C12H15FNOP/c1-4-7-14-10-6-5-9(8-16-3)11(13)12(10)15-2/h1,5-6,14,16H,7-8H2,2-3H3.